The second kappa shape index (κ2) is 9.03. The molecule has 1 atom stereocenters. The molecule has 2 aromatic carbocycles. The van der Waals surface area contributed by atoms with Crippen molar-refractivity contribution in [1.29, 1.82) is 0 Å². The van der Waals surface area contributed by atoms with Gasteiger partial charge in [-0.25, -0.2) is 0 Å². The maximum atomic E-state index is 13.1. The molecule has 0 radical (unpaired) electrons. The van der Waals surface area contributed by atoms with E-state index in [0.29, 0.717) is 11.4 Å². The number of hydrogen-bond donors (Lipinski definition) is 0. The van der Waals surface area contributed by atoms with Crippen LogP contribution in [-0.2, 0) is 9.59 Å². The molecule has 0 spiro atoms. The molecule has 30 heavy (non-hydrogen) atoms. The summed E-state index contributed by atoms with van der Waals surface area (Å²) < 4.78 is 11.2. The second-order valence-corrected chi connectivity index (χ2v) is 7.52. The first kappa shape index (κ1) is 20.0. The molecule has 0 saturated carbocycles. The van der Waals surface area contributed by atoms with E-state index in [2.05, 4.69) is 0 Å². The molecule has 1 fully saturated rings. The summed E-state index contributed by atoms with van der Waals surface area (Å²) in [7, 11) is 1.61. The summed E-state index contributed by atoms with van der Waals surface area (Å²) in [4.78, 5) is 29.6. The van der Waals surface area contributed by atoms with Crippen LogP contribution in [0.5, 0.6) is 11.5 Å². The number of hydrogen-bond acceptors (Lipinski definition) is 4. The number of para-hydroxylation sites is 2. The highest BCUT2D eigenvalue weighted by atomic mass is 16.5. The van der Waals surface area contributed by atoms with Crippen LogP contribution in [0.15, 0.2) is 54.6 Å². The lowest BCUT2D eigenvalue weighted by Gasteiger charge is -2.37. The van der Waals surface area contributed by atoms with Gasteiger partial charge in [-0.05, 0) is 55.2 Å². The molecule has 0 aromatic heterocycles. The summed E-state index contributed by atoms with van der Waals surface area (Å²) >= 11 is 0. The maximum Gasteiger partial charge on any atom is 0.265 e. The van der Waals surface area contributed by atoms with Gasteiger partial charge in [-0.15, -0.1) is 0 Å². The Morgan fingerprint density at radius 2 is 1.87 bits per heavy atom. The molecule has 2 aromatic rings. The fourth-order valence-electron chi connectivity index (χ4n) is 3.89. The smallest absolute Gasteiger partial charge is 0.265 e. The molecule has 6 nitrogen and oxygen atoms in total. The van der Waals surface area contributed by atoms with Gasteiger partial charge in [-0.3, -0.25) is 9.59 Å². The average Bonchev–Trinajstić information content (AvgIpc) is 2.82. The number of methoxy groups -OCH3 is 1. The Labute approximate surface area is 176 Å². The van der Waals surface area contributed by atoms with Crippen LogP contribution in [-0.4, -0.2) is 49.6 Å². The number of ether oxygens (including phenoxy) is 2. The fourth-order valence-corrected chi connectivity index (χ4v) is 3.89. The molecule has 1 saturated heterocycles. The molecule has 2 heterocycles. The predicted molar refractivity (Wildman–Crippen MR) is 116 cm³/mol. The van der Waals surface area contributed by atoms with Crippen LogP contribution in [0.3, 0.4) is 0 Å². The van der Waals surface area contributed by atoms with Crippen LogP contribution < -0.4 is 14.4 Å². The number of likely N-dealkylation sites (tertiary alicyclic amines) is 1. The largest absolute Gasteiger partial charge is 0.497 e. The normalized spacial score (nSPS) is 18.6. The predicted octanol–water partition coefficient (Wildman–Crippen LogP) is 3.52. The van der Waals surface area contributed by atoms with Crippen molar-refractivity contribution in [3.05, 3.63) is 60.2 Å². The van der Waals surface area contributed by atoms with E-state index < -0.39 is 6.10 Å². The molecule has 0 bridgehead atoms. The molecule has 156 valence electrons. The Balaban J connectivity index is 1.55. The van der Waals surface area contributed by atoms with E-state index in [0.717, 1.165) is 43.7 Å². The summed E-state index contributed by atoms with van der Waals surface area (Å²) in [6, 6.07) is 14.9. The second-order valence-electron chi connectivity index (χ2n) is 7.52. The highest BCUT2D eigenvalue weighted by molar-refractivity contribution is 6.05. The van der Waals surface area contributed by atoms with Crippen molar-refractivity contribution in [2.75, 3.05) is 31.6 Å². The molecule has 2 aliphatic rings. The van der Waals surface area contributed by atoms with Crippen molar-refractivity contribution in [3.8, 4) is 11.5 Å². The van der Waals surface area contributed by atoms with Gasteiger partial charge in [0.2, 0.25) is 0 Å². The van der Waals surface area contributed by atoms with Crippen LogP contribution in [0.4, 0.5) is 5.69 Å². The van der Waals surface area contributed by atoms with Crippen LogP contribution in [0.2, 0.25) is 0 Å². The Bertz CT molecular complexity index is 950. The Morgan fingerprint density at radius 3 is 2.67 bits per heavy atom. The minimum Gasteiger partial charge on any atom is -0.497 e. The Kier molecular flexibility index (Phi) is 6.02. The number of fused-ring (bicyclic) bond motifs is 1. The summed E-state index contributed by atoms with van der Waals surface area (Å²) in [6.07, 6.45) is 5.77. The number of rotatable bonds is 4. The Hall–Kier alpha value is -3.28. The van der Waals surface area contributed by atoms with E-state index in [1.165, 1.54) is 6.08 Å². The number of piperidine rings is 1. The van der Waals surface area contributed by atoms with Gasteiger partial charge >= 0.3 is 0 Å². The van der Waals surface area contributed by atoms with Crippen molar-refractivity contribution in [2.45, 2.75) is 25.4 Å². The van der Waals surface area contributed by atoms with E-state index in [9.17, 15) is 9.59 Å². The zero-order valence-electron chi connectivity index (χ0n) is 17.1. The first-order valence-corrected chi connectivity index (χ1v) is 10.3. The molecule has 6 heteroatoms. The van der Waals surface area contributed by atoms with E-state index in [1.54, 1.807) is 24.2 Å². The van der Waals surface area contributed by atoms with E-state index in [4.69, 9.17) is 9.47 Å². The van der Waals surface area contributed by atoms with Gasteiger partial charge in [0, 0.05) is 19.2 Å². The Morgan fingerprint density at radius 1 is 1.07 bits per heavy atom. The van der Waals surface area contributed by atoms with Crippen molar-refractivity contribution in [2.24, 2.45) is 0 Å². The molecular weight excluding hydrogens is 380 g/mol. The van der Waals surface area contributed by atoms with Crippen LogP contribution in [0.1, 0.15) is 24.8 Å². The number of amides is 2. The third-order valence-electron chi connectivity index (χ3n) is 5.50. The van der Waals surface area contributed by atoms with Crippen LogP contribution in [0, 0.1) is 0 Å². The molecule has 2 aliphatic heterocycles. The van der Waals surface area contributed by atoms with Crippen molar-refractivity contribution < 1.29 is 19.1 Å². The lowest BCUT2D eigenvalue weighted by molar-refractivity contribution is -0.139. The number of carbonyl (C=O) groups is 2. The maximum absolute atomic E-state index is 13.1. The minimum atomic E-state index is -0.688. The van der Waals surface area contributed by atoms with Gasteiger partial charge in [-0.1, -0.05) is 24.3 Å². The van der Waals surface area contributed by atoms with Gasteiger partial charge in [0.15, 0.2) is 6.10 Å². The summed E-state index contributed by atoms with van der Waals surface area (Å²) in [6.45, 7) is 1.71. The summed E-state index contributed by atoms with van der Waals surface area (Å²) in [5, 5.41) is 0. The van der Waals surface area contributed by atoms with Gasteiger partial charge in [-0.2, -0.15) is 0 Å². The highest BCUT2D eigenvalue weighted by Gasteiger charge is 2.35. The number of carbonyl (C=O) groups excluding carboxylic acids is 2. The lowest BCUT2D eigenvalue weighted by atomic mass is 10.1. The monoisotopic (exact) mass is 406 g/mol. The van der Waals surface area contributed by atoms with Gasteiger partial charge in [0.05, 0.1) is 19.3 Å². The van der Waals surface area contributed by atoms with Crippen molar-refractivity contribution in [3.63, 3.8) is 0 Å². The molecular formula is C24H26N2O4. The van der Waals surface area contributed by atoms with Crippen LogP contribution >= 0.6 is 0 Å². The highest BCUT2D eigenvalue weighted by Crippen LogP contribution is 2.34. The van der Waals surface area contributed by atoms with Gasteiger partial charge in [0.1, 0.15) is 11.5 Å². The standard InChI is InChI=1S/C24H26N2O4/c1-29-19-9-7-8-18(16-19)12-13-23(27)26-17-22(24(28)25-14-5-2-6-15-25)30-21-11-4-3-10-20(21)26/h3-4,7-13,16,22H,2,5-6,14-15,17H2,1H3. The molecule has 0 aliphatic carbocycles. The molecule has 1 unspecified atom stereocenters. The SMILES string of the molecule is COc1cccc(C=CC(=O)N2CC(C(=O)N3CCCCC3)Oc3ccccc32)c1. The fraction of sp³-hybridized carbons (Fsp3) is 0.333. The first-order valence-electron chi connectivity index (χ1n) is 10.3. The summed E-state index contributed by atoms with van der Waals surface area (Å²) in [5.41, 5.74) is 1.55. The van der Waals surface area contributed by atoms with Crippen LogP contribution in [0.25, 0.3) is 6.08 Å². The third kappa shape index (κ3) is 4.32. The number of anilines is 1. The zero-order chi connectivity index (χ0) is 20.9. The molecule has 4 rings (SSSR count). The van der Waals surface area contributed by atoms with Gasteiger partial charge < -0.3 is 19.3 Å². The van der Waals surface area contributed by atoms with Gasteiger partial charge in [0.25, 0.3) is 11.8 Å². The third-order valence-corrected chi connectivity index (χ3v) is 5.50. The lowest BCUT2D eigenvalue weighted by Crippen LogP contribution is -2.52. The number of nitrogens with zero attached hydrogens (tertiary/aromatic N) is 2. The average molecular weight is 406 g/mol. The van der Waals surface area contributed by atoms with E-state index >= 15 is 0 Å². The number of benzene rings is 2. The molecule has 2 amide bonds. The summed E-state index contributed by atoms with van der Waals surface area (Å²) in [5.74, 6) is 1.06. The first-order chi connectivity index (χ1) is 14.7. The van der Waals surface area contributed by atoms with Crippen molar-refractivity contribution >= 4 is 23.6 Å². The molecule has 0 N–H and O–H groups in total. The quantitative estimate of drug-likeness (QED) is 0.729. The topological polar surface area (TPSA) is 59.1 Å². The van der Waals surface area contributed by atoms with E-state index in [1.807, 2.05) is 47.4 Å². The zero-order valence-corrected chi connectivity index (χ0v) is 17.1. The van der Waals surface area contributed by atoms with E-state index in [-0.39, 0.29) is 18.4 Å². The van der Waals surface area contributed by atoms with Crippen molar-refractivity contribution in [1.82, 2.24) is 4.90 Å². The minimum absolute atomic E-state index is 0.0428.